The van der Waals surface area contributed by atoms with Crippen LogP contribution in [0.2, 0.25) is 0 Å². The van der Waals surface area contributed by atoms with E-state index in [-0.39, 0.29) is 23.7 Å². The zero-order valence-corrected chi connectivity index (χ0v) is 38.4. The van der Waals surface area contributed by atoms with Crippen LogP contribution < -0.4 is 0 Å². The number of ether oxygens (including phenoxy) is 6. The minimum Gasteiger partial charge on any atom is -0.452 e. The monoisotopic (exact) mass is 944 g/mol. The third kappa shape index (κ3) is 10.1. The lowest BCUT2D eigenvalue weighted by Gasteiger charge is -2.42. The second-order valence-corrected chi connectivity index (χ2v) is 17.0. The maximum atomic E-state index is 12.9. The van der Waals surface area contributed by atoms with Gasteiger partial charge in [-0.05, 0) is 72.5 Å². The highest BCUT2D eigenvalue weighted by Crippen LogP contribution is 2.43. The van der Waals surface area contributed by atoms with E-state index in [1.54, 1.807) is 149 Å². The normalized spacial score (nSPS) is 24.1. The molecule has 2 aliphatic rings. The molecule has 10 rings (SSSR count). The molecule has 4 aromatic carbocycles. The van der Waals surface area contributed by atoms with Gasteiger partial charge in [0.05, 0.1) is 22.3 Å². The van der Waals surface area contributed by atoms with Gasteiger partial charge in [-0.25, -0.2) is 33.7 Å². The van der Waals surface area contributed by atoms with E-state index in [2.05, 4.69) is 30.2 Å². The number of aromatic nitrogens is 8. The molecule has 0 spiro atoms. The van der Waals surface area contributed by atoms with E-state index in [1.807, 2.05) is 45.9 Å². The van der Waals surface area contributed by atoms with E-state index in [4.69, 9.17) is 28.4 Å². The predicted octanol–water partition coefficient (Wildman–Crippen LogP) is 7.75. The summed E-state index contributed by atoms with van der Waals surface area (Å²) in [4.78, 5) is 64.5. The van der Waals surface area contributed by atoms with Gasteiger partial charge in [-0.3, -0.25) is 4.40 Å². The van der Waals surface area contributed by atoms with Crippen molar-refractivity contribution in [3.63, 3.8) is 0 Å². The maximum absolute atomic E-state index is 12.9. The van der Waals surface area contributed by atoms with Crippen molar-refractivity contribution < 1.29 is 47.6 Å². The number of rotatable bonds is 10. The molecule has 18 heteroatoms. The second-order valence-electron chi connectivity index (χ2n) is 17.0. The number of benzene rings is 4. The van der Waals surface area contributed by atoms with Crippen LogP contribution in [0.5, 0.6) is 0 Å². The molecule has 6 heterocycles. The van der Waals surface area contributed by atoms with Crippen molar-refractivity contribution in [1.82, 2.24) is 39.2 Å². The predicted molar refractivity (Wildman–Crippen MR) is 248 cm³/mol. The lowest BCUT2D eigenvalue weighted by atomic mass is 9.83. The Hall–Kier alpha value is -8.22. The van der Waals surface area contributed by atoms with Gasteiger partial charge in [0.1, 0.15) is 12.2 Å². The Balaban J connectivity index is 0.000000174. The van der Waals surface area contributed by atoms with Crippen molar-refractivity contribution in [3.8, 4) is 0 Å². The topological polar surface area (TPSA) is 210 Å². The van der Waals surface area contributed by atoms with E-state index in [0.717, 1.165) is 0 Å². The molecule has 10 atom stereocenters. The molecule has 2 saturated heterocycles. The molecule has 0 aliphatic carbocycles. The molecule has 70 heavy (non-hydrogen) atoms. The van der Waals surface area contributed by atoms with Crippen LogP contribution in [-0.2, 0) is 28.4 Å². The summed E-state index contributed by atoms with van der Waals surface area (Å²) in [6.07, 6.45) is 1.63. The SMILES string of the molecule is C[C@@H]1C(c2nc3ncccn3n2)OC(OC(=O)c2ccccc2)C(OC(=O)c2ccccc2)[C@H]1C.C[C@@H]1C(c2nnc3ncccn23)OC(OC(=O)c2ccccc2)C(OC(=O)c2ccccc2)[C@H]1C. The maximum Gasteiger partial charge on any atom is 0.340 e. The minimum absolute atomic E-state index is 0.150. The van der Waals surface area contributed by atoms with Crippen molar-refractivity contribution in [2.75, 3.05) is 0 Å². The highest BCUT2D eigenvalue weighted by Gasteiger charge is 2.49. The first-order valence-corrected chi connectivity index (χ1v) is 22.7. The summed E-state index contributed by atoms with van der Waals surface area (Å²) in [5, 5.41) is 12.9. The van der Waals surface area contributed by atoms with Crippen molar-refractivity contribution in [3.05, 3.63) is 192 Å². The smallest absolute Gasteiger partial charge is 0.340 e. The zero-order valence-electron chi connectivity index (χ0n) is 38.4. The lowest BCUT2D eigenvalue weighted by Crippen LogP contribution is -2.50. The van der Waals surface area contributed by atoms with Crippen LogP contribution in [0.15, 0.2) is 158 Å². The van der Waals surface area contributed by atoms with Crippen molar-refractivity contribution in [2.24, 2.45) is 23.7 Å². The first kappa shape index (κ1) is 46.9. The van der Waals surface area contributed by atoms with Gasteiger partial charge in [-0.15, -0.1) is 15.3 Å². The van der Waals surface area contributed by atoms with Gasteiger partial charge in [0.2, 0.25) is 12.6 Å². The standard InChI is InChI=1S/2C26H24N4O5/c1-16-17(2)21(33-23(31)18-10-5-3-6-11-18)25(35-24(32)19-12-7-4-8-13-19)34-20(16)22-28-29-26-27-14-9-15-30(22)26;1-16-17(2)21(33-23(31)18-10-5-3-6-11-18)25(35-24(32)19-12-7-4-8-13-19)34-20(16)22-28-26-27-14-9-15-30(26)29-22/h2*3-17,20-21,25H,1-2H3/t2*16-,17-,20?,21?,25?/m00/s1. The Morgan fingerprint density at radius 3 is 1.36 bits per heavy atom. The van der Waals surface area contributed by atoms with E-state index in [0.29, 0.717) is 45.5 Å². The van der Waals surface area contributed by atoms with Crippen LogP contribution in [0.1, 0.15) is 93.0 Å². The van der Waals surface area contributed by atoms with Gasteiger partial charge in [-0.1, -0.05) is 100 Å². The molecule has 2 fully saturated rings. The highest BCUT2D eigenvalue weighted by molar-refractivity contribution is 5.91. The summed E-state index contributed by atoms with van der Waals surface area (Å²) in [7, 11) is 0. The molecule has 0 N–H and O–H groups in total. The number of carbonyl (C=O) groups excluding carboxylic acids is 4. The van der Waals surface area contributed by atoms with Gasteiger partial charge in [0.15, 0.2) is 23.9 Å². The van der Waals surface area contributed by atoms with Crippen LogP contribution in [0.4, 0.5) is 0 Å². The quantitative estimate of drug-likeness (QED) is 0.0948. The minimum atomic E-state index is -1.16. The molecular weight excluding hydrogens is 897 g/mol. The van der Waals surface area contributed by atoms with Crippen LogP contribution in [0.25, 0.3) is 11.6 Å². The van der Waals surface area contributed by atoms with Crippen LogP contribution in [-0.4, -0.2) is 87.8 Å². The fourth-order valence-corrected chi connectivity index (χ4v) is 8.30. The number of fused-ring (bicyclic) bond motifs is 2. The van der Waals surface area contributed by atoms with Crippen LogP contribution in [0.3, 0.4) is 0 Å². The van der Waals surface area contributed by atoms with E-state index in [9.17, 15) is 19.2 Å². The summed E-state index contributed by atoms with van der Waals surface area (Å²) < 4.78 is 39.1. The summed E-state index contributed by atoms with van der Waals surface area (Å²) in [6.45, 7) is 7.81. The Morgan fingerprint density at radius 2 is 0.886 bits per heavy atom. The second kappa shape index (κ2) is 21.0. The van der Waals surface area contributed by atoms with Crippen LogP contribution in [0, 0.1) is 23.7 Å². The molecule has 356 valence electrons. The summed E-state index contributed by atoms with van der Waals surface area (Å²) >= 11 is 0. The third-order valence-corrected chi connectivity index (χ3v) is 12.6. The Bertz CT molecular complexity index is 3030. The summed E-state index contributed by atoms with van der Waals surface area (Å²) in [6, 6.07) is 38.0. The van der Waals surface area contributed by atoms with E-state index >= 15 is 0 Å². The van der Waals surface area contributed by atoms with Crippen molar-refractivity contribution >= 4 is 35.4 Å². The molecule has 18 nitrogen and oxygen atoms in total. The molecule has 0 bridgehead atoms. The number of carbonyl (C=O) groups is 4. The molecule has 4 aromatic heterocycles. The molecule has 0 saturated carbocycles. The first-order valence-electron chi connectivity index (χ1n) is 22.7. The first-order chi connectivity index (χ1) is 34.0. The van der Waals surface area contributed by atoms with Gasteiger partial charge < -0.3 is 28.4 Å². The molecule has 0 amide bonds. The van der Waals surface area contributed by atoms with Crippen molar-refractivity contribution in [1.29, 1.82) is 0 Å². The Kier molecular flexibility index (Phi) is 14.0. The van der Waals surface area contributed by atoms with Gasteiger partial charge in [0.25, 0.3) is 11.6 Å². The van der Waals surface area contributed by atoms with Gasteiger partial charge in [-0.2, -0.15) is 4.98 Å². The lowest BCUT2D eigenvalue weighted by molar-refractivity contribution is -0.253. The number of nitrogens with zero attached hydrogens (tertiary/aromatic N) is 8. The molecular formula is C52H48N8O10. The largest absolute Gasteiger partial charge is 0.452 e. The Labute approximate surface area is 401 Å². The summed E-state index contributed by atoms with van der Waals surface area (Å²) in [5.74, 6) is -1.18. The molecule has 8 aromatic rings. The molecule has 6 unspecified atom stereocenters. The highest BCUT2D eigenvalue weighted by atomic mass is 16.7. The molecule has 0 radical (unpaired) electrons. The zero-order chi connectivity index (χ0) is 48.7. The Morgan fingerprint density at radius 1 is 0.471 bits per heavy atom. The number of hydrogen-bond acceptors (Lipinski definition) is 16. The van der Waals surface area contributed by atoms with E-state index < -0.39 is 60.9 Å². The van der Waals surface area contributed by atoms with Gasteiger partial charge in [0, 0.05) is 36.6 Å². The number of hydrogen-bond donors (Lipinski definition) is 0. The molecule has 2 aliphatic heterocycles. The fraction of sp³-hybridized carbons (Fsp3) is 0.269. The average Bonchev–Trinajstić information content (AvgIpc) is 4.04. The van der Waals surface area contributed by atoms with Crippen molar-refractivity contribution in [2.45, 2.75) is 64.7 Å². The fourth-order valence-electron chi connectivity index (χ4n) is 8.30. The number of esters is 4. The third-order valence-electron chi connectivity index (χ3n) is 12.6. The summed E-state index contributed by atoms with van der Waals surface area (Å²) in [5.41, 5.74) is 1.53. The van der Waals surface area contributed by atoms with Crippen LogP contribution >= 0.6 is 0 Å². The van der Waals surface area contributed by atoms with E-state index in [1.165, 1.54) is 0 Å². The van der Waals surface area contributed by atoms with Gasteiger partial charge >= 0.3 is 23.9 Å². The average molecular weight is 945 g/mol.